The van der Waals surface area contributed by atoms with Crippen LogP contribution in [0.1, 0.15) is 62.1 Å². The molecule has 5 N–H and O–H groups in total. The smallest absolute Gasteiger partial charge is 0.289 e. The second kappa shape index (κ2) is 13.5. The number of fused-ring (bicyclic) bond motifs is 1. The summed E-state index contributed by atoms with van der Waals surface area (Å²) in [5.41, 5.74) is 1.82. The Labute approximate surface area is 208 Å². The molecule has 0 aliphatic heterocycles. The van der Waals surface area contributed by atoms with Gasteiger partial charge in [0.2, 0.25) is 5.82 Å². The van der Waals surface area contributed by atoms with Gasteiger partial charge in [0, 0.05) is 30.4 Å². The maximum Gasteiger partial charge on any atom is 0.289 e. The van der Waals surface area contributed by atoms with Crippen molar-refractivity contribution in [3.05, 3.63) is 29.6 Å². The summed E-state index contributed by atoms with van der Waals surface area (Å²) >= 11 is 0. The van der Waals surface area contributed by atoms with Crippen LogP contribution < -0.4 is 16.0 Å². The quantitative estimate of drug-likeness (QED) is 0.278. The van der Waals surface area contributed by atoms with Crippen molar-refractivity contribution in [3.8, 4) is 0 Å². The monoisotopic (exact) mass is 498 g/mol. The number of aryl methyl sites for hydroxylation is 1. The summed E-state index contributed by atoms with van der Waals surface area (Å²) in [7, 11) is 0. The fourth-order valence-electron chi connectivity index (χ4n) is 3.89. The summed E-state index contributed by atoms with van der Waals surface area (Å²) < 4.78 is 0. The first-order valence-corrected chi connectivity index (χ1v) is 11.2. The molecule has 33 heavy (non-hydrogen) atoms. The molecule has 2 aromatic rings. The highest BCUT2D eigenvalue weighted by atomic mass is 35.5. The number of anilines is 1. The van der Waals surface area contributed by atoms with Crippen molar-refractivity contribution < 1.29 is 9.90 Å². The third-order valence-electron chi connectivity index (χ3n) is 5.53. The van der Waals surface area contributed by atoms with Crippen molar-refractivity contribution in [1.29, 1.82) is 5.41 Å². The number of nitrogens with one attached hydrogen (secondary N) is 4. The summed E-state index contributed by atoms with van der Waals surface area (Å²) in [6, 6.07) is 6.08. The van der Waals surface area contributed by atoms with E-state index in [4.69, 9.17) is 10.5 Å². The molecule has 0 radical (unpaired) electrons. The molecule has 3 rings (SSSR count). The van der Waals surface area contributed by atoms with Crippen LogP contribution in [0, 0.1) is 18.3 Å². The fourth-order valence-corrected chi connectivity index (χ4v) is 3.89. The predicted octanol–water partition coefficient (Wildman–Crippen LogP) is 3.84. The number of aliphatic hydroxyl groups is 1. The number of nitrogens with zero attached hydrogens (tertiary/aromatic N) is 2. The standard InChI is InChI=1S/C23H34N6O2.2ClH/c1-14(2)13-25-23(31)22-27-17-9-8-15(3)12-16(17)21(29-22)28-19-7-5-4-6-18(19)26-20(24)10-11-30;;/h8-9,12,14,18-19,30H,4-7,10-11,13H2,1-3H3,(H2,24,26)(H,25,31)(H,27,28,29);2*1H/t18-,19+;;/m1../s1. The normalized spacial score (nSPS) is 17.6. The average molecular weight is 499 g/mol. The van der Waals surface area contributed by atoms with E-state index < -0.39 is 0 Å². The lowest BCUT2D eigenvalue weighted by atomic mass is 9.90. The number of aromatic nitrogens is 2. The average Bonchev–Trinajstić information content (AvgIpc) is 2.73. The molecule has 184 valence electrons. The lowest BCUT2D eigenvalue weighted by Crippen LogP contribution is -2.48. The number of amidine groups is 1. The van der Waals surface area contributed by atoms with E-state index in [1.807, 2.05) is 39.0 Å². The Morgan fingerprint density at radius 1 is 1.18 bits per heavy atom. The Hall–Kier alpha value is -2.16. The van der Waals surface area contributed by atoms with Crippen LogP contribution in [0.25, 0.3) is 10.9 Å². The van der Waals surface area contributed by atoms with Gasteiger partial charge in [-0.1, -0.05) is 38.3 Å². The van der Waals surface area contributed by atoms with Crippen LogP contribution >= 0.6 is 24.8 Å². The lowest BCUT2D eigenvalue weighted by Gasteiger charge is -2.34. The number of halogens is 2. The van der Waals surface area contributed by atoms with E-state index in [9.17, 15) is 4.79 Å². The number of amides is 1. The van der Waals surface area contributed by atoms with E-state index in [0.717, 1.165) is 42.1 Å². The van der Waals surface area contributed by atoms with Gasteiger partial charge in [-0.2, -0.15) is 0 Å². The summed E-state index contributed by atoms with van der Waals surface area (Å²) in [5, 5.41) is 27.8. The first kappa shape index (κ1) is 28.9. The van der Waals surface area contributed by atoms with Crippen molar-refractivity contribution in [2.45, 2.75) is 65.0 Å². The third kappa shape index (κ3) is 7.98. The molecule has 0 unspecified atom stereocenters. The predicted molar refractivity (Wildman–Crippen MR) is 138 cm³/mol. The molecule has 1 aromatic carbocycles. The number of carbonyl (C=O) groups is 1. The zero-order valence-corrected chi connectivity index (χ0v) is 21.1. The third-order valence-corrected chi connectivity index (χ3v) is 5.53. The number of carbonyl (C=O) groups excluding carboxylic acids is 1. The highest BCUT2D eigenvalue weighted by Crippen LogP contribution is 2.27. The Balaban J connectivity index is 0.00000272. The van der Waals surface area contributed by atoms with E-state index in [2.05, 4.69) is 25.9 Å². The molecule has 1 saturated carbocycles. The zero-order valence-electron chi connectivity index (χ0n) is 19.5. The fraction of sp³-hybridized carbons (Fsp3) is 0.565. The molecule has 8 nitrogen and oxygen atoms in total. The molecule has 0 bridgehead atoms. The van der Waals surface area contributed by atoms with Crippen molar-refractivity contribution in [3.63, 3.8) is 0 Å². The Morgan fingerprint density at radius 2 is 1.88 bits per heavy atom. The van der Waals surface area contributed by atoms with Crippen LogP contribution in [0.5, 0.6) is 0 Å². The van der Waals surface area contributed by atoms with Crippen molar-refractivity contribution in [1.82, 2.24) is 20.6 Å². The van der Waals surface area contributed by atoms with Gasteiger partial charge in [-0.15, -0.1) is 24.8 Å². The molecule has 2 atom stereocenters. The summed E-state index contributed by atoms with van der Waals surface area (Å²) in [5.74, 6) is 1.22. The number of benzene rings is 1. The van der Waals surface area contributed by atoms with Crippen LogP contribution in [0.2, 0.25) is 0 Å². The Morgan fingerprint density at radius 3 is 2.55 bits per heavy atom. The maximum atomic E-state index is 12.7. The van der Waals surface area contributed by atoms with E-state index in [-0.39, 0.29) is 55.2 Å². The highest BCUT2D eigenvalue weighted by molar-refractivity contribution is 5.96. The lowest BCUT2D eigenvalue weighted by molar-refractivity contribution is 0.0939. The van der Waals surface area contributed by atoms with Crippen molar-refractivity contribution >= 4 is 53.3 Å². The van der Waals surface area contributed by atoms with Gasteiger partial charge < -0.3 is 21.1 Å². The first-order valence-electron chi connectivity index (χ1n) is 11.2. The van der Waals surface area contributed by atoms with Gasteiger partial charge in [0.05, 0.1) is 18.0 Å². The molecule has 1 heterocycles. The minimum Gasteiger partial charge on any atom is -0.396 e. The topological polar surface area (TPSA) is 123 Å². The van der Waals surface area contributed by atoms with Gasteiger partial charge in [0.1, 0.15) is 5.82 Å². The molecule has 0 saturated heterocycles. The van der Waals surface area contributed by atoms with Gasteiger partial charge in [0.25, 0.3) is 5.91 Å². The highest BCUT2D eigenvalue weighted by Gasteiger charge is 2.27. The minimum atomic E-state index is -0.276. The van der Waals surface area contributed by atoms with Crippen LogP contribution in [0.4, 0.5) is 5.82 Å². The van der Waals surface area contributed by atoms with Crippen LogP contribution in [0.3, 0.4) is 0 Å². The summed E-state index contributed by atoms with van der Waals surface area (Å²) in [6.45, 7) is 6.64. The number of hydrogen-bond donors (Lipinski definition) is 5. The zero-order chi connectivity index (χ0) is 22.4. The summed E-state index contributed by atoms with van der Waals surface area (Å²) in [6.07, 6.45) is 4.38. The molecular weight excluding hydrogens is 463 g/mol. The Bertz CT molecular complexity index is 941. The first-order chi connectivity index (χ1) is 14.9. The van der Waals surface area contributed by atoms with E-state index >= 15 is 0 Å². The molecular formula is C23H36Cl2N6O2. The van der Waals surface area contributed by atoms with Crippen LogP contribution in [0.15, 0.2) is 18.2 Å². The SMILES string of the molecule is Cc1ccc2nc(C(=O)NCC(C)C)nc(N[C@H]3CCCC[C@H]3NC(=N)CCO)c2c1.Cl.Cl. The minimum absolute atomic E-state index is 0. The van der Waals surface area contributed by atoms with Gasteiger partial charge in [-0.05, 0) is 37.8 Å². The molecule has 1 aromatic heterocycles. The summed E-state index contributed by atoms with van der Waals surface area (Å²) in [4.78, 5) is 21.8. The van der Waals surface area contributed by atoms with Gasteiger partial charge in [-0.3, -0.25) is 10.2 Å². The second-order valence-corrected chi connectivity index (χ2v) is 8.76. The molecule has 10 heteroatoms. The van der Waals surface area contributed by atoms with Crippen LogP contribution in [-0.4, -0.2) is 52.1 Å². The molecule has 1 fully saturated rings. The largest absolute Gasteiger partial charge is 0.396 e. The van der Waals surface area contributed by atoms with E-state index in [1.165, 1.54) is 0 Å². The van der Waals surface area contributed by atoms with Crippen molar-refractivity contribution in [2.24, 2.45) is 5.92 Å². The molecule has 0 spiro atoms. The number of rotatable bonds is 8. The maximum absolute atomic E-state index is 12.7. The molecule has 1 aliphatic carbocycles. The van der Waals surface area contributed by atoms with Crippen LogP contribution in [-0.2, 0) is 0 Å². The number of hydrogen-bond acceptors (Lipinski definition) is 6. The number of aliphatic hydroxyl groups excluding tert-OH is 1. The molecule has 1 amide bonds. The second-order valence-electron chi connectivity index (χ2n) is 8.76. The van der Waals surface area contributed by atoms with Crippen molar-refractivity contribution in [2.75, 3.05) is 18.5 Å². The van der Waals surface area contributed by atoms with Gasteiger partial charge >= 0.3 is 0 Å². The Kier molecular flexibility index (Phi) is 11.8. The van der Waals surface area contributed by atoms with Gasteiger partial charge in [-0.25, -0.2) is 9.97 Å². The van der Waals surface area contributed by atoms with E-state index in [1.54, 1.807) is 0 Å². The van der Waals surface area contributed by atoms with Gasteiger partial charge in [0.15, 0.2) is 0 Å². The molecule has 1 aliphatic rings. The van der Waals surface area contributed by atoms with E-state index in [0.29, 0.717) is 30.5 Å².